The Morgan fingerprint density at radius 3 is 2.65 bits per heavy atom. The molecule has 0 saturated heterocycles. The molecule has 0 amide bonds. The van der Waals surface area contributed by atoms with Gasteiger partial charge in [0.05, 0.1) is 17.7 Å². The fraction of sp³-hybridized carbons (Fsp3) is 0.400. The molecule has 1 heterocycles. The van der Waals surface area contributed by atoms with Crippen LogP contribution in [0, 0.1) is 0 Å². The Morgan fingerprint density at radius 2 is 2.04 bits per heavy atom. The summed E-state index contributed by atoms with van der Waals surface area (Å²) >= 11 is 1.15. The van der Waals surface area contributed by atoms with Gasteiger partial charge in [-0.2, -0.15) is 0 Å². The second-order valence-electron chi connectivity index (χ2n) is 5.06. The number of aromatic nitrogens is 1. The van der Waals surface area contributed by atoms with Crippen molar-refractivity contribution in [2.45, 2.75) is 37.2 Å². The van der Waals surface area contributed by atoms with E-state index >= 15 is 0 Å². The minimum absolute atomic E-state index is 0.0924. The molecule has 0 aliphatic rings. The van der Waals surface area contributed by atoms with Crippen LogP contribution in [-0.4, -0.2) is 25.6 Å². The van der Waals surface area contributed by atoms with Crippen molar-refractivity contribution >= 4 is 26.5 Å². The van der Waals surface area contributed by atoms with E-state index in [9.17, 15) is 13.5 Å². The van der Waals surface area contributed by atoms with E-state index in [0.29, 0.717) is 24.3 Å². The van der Waals surface area contributed by atoms with E-state index < -0.39 is 15.6 Å². The maximum Gasteiger partial charge on any atom is 0.263 e. The summed E-state index contributed by atoms with van der Waals surface area (Å²) < 4.78 is 32.3. The number of nitrogens with zero attached hydrogens (tertiary/aromatic N) is 1. The quantitative estimate of drug-likeness (QED) is 0.796. The molecular weight excluding hydrogens is 336 g/mol. The normalized spacial score (nSPS) is 12.2. The van der Waals surface area contributed by atoms with Gasteiger partial charge in [-0.15, -0.1) is 11.3 Å². The Balaban J connectivity index is 2.26. The molecule has 0 saturated carbocycles. The zero-order valence-electron chi connectivity index (χ0n) is 13.2. The predicted molar refractivity (Wildman–Crippen MR) is 90.4 cm³/mol. The topological polar surface area (TPSA) is 88.5 Å². The van der Waals surface area contributed by atoms with Gasteiger partial charge in [-0.05, 0) is 25.0 Å². The van der Waals surface area contributed by atoms with Crippen molar-refractivity contribution in [2.75, 3.05) is 11.8 Å². The van der Waals surface area contributed by atoms with Gasteiger partial charge < -0.3 is 9.84 Å². The molecule has 0 radical (unpaired) electrons. The zero-order chi connectivity index (χ0) is 17.1. The molecule has 0 fully saturated rings. The van der Waals surface area contributed by atoms with E-state index in [1.54, 1.807) is 17.5 Å². The molecule has 23 heavy (non-hydrogen) atoms. The lowest BCUT2D eigenvalue weighted by Gasteiger charge is -2.22. The van der Waals surface area contributed by atoms with E-state index in [4.69, 9.17) is 4.74 Å². The number of methoxy groups -OCH3 is 1. The molecule has 1 aromatic carbocycles. The molecule has 126 valence electrons. The standard InChI is InChI=1S/C15H20N2O4S2/c1-4-15(18,5-2)13-10-22-14(16-13)17-23(19,20)12-8-6-7-11(9-12)21-3/h6-10,18H,4-5H2,1-3H3,(H,16,17). The molecule has 6 nitrogen and oxygen atoms in total. The summed E-state index contributed by atoms with van der Waals surface area (Å²) in [7, 11) is -2.28. The molecule has 2 N–H and O–H groups in total. The predicted octanol–water partition coefficient (Wildman–Crippen LogP) is 2.96. The molecule has 0 aliphatic carbocycles. The van der Waals surface area contributed by atoms with Gasteiger partial charge >= 0.3 is 0 Å². The SMILES string of the molecule is CCC(O)(CC)c1csc(NS(=O)(=O)c2cccc(OC)c2)n1. The molecule has 0 unspecified atom stereocenters. The molecule has 2 aromatic rings. The van der Waals surface area contributed by atoms with E-state index in [1.165, 1.54) is 19.2 Å². The van der Waals surface area contributed by atoms with E-state index in [-0.39, 0.29) is 10.0 Å². The smallest absolute Gasteiger partial charge is 0.263 e. The van der Waals surface area contributed by atoms with Crippen LogP contribution >= 0.6 is 11.3 Å². The monoisotopic (exact) mass is 356 g/mol. The van der Waals surface area contributed by atoms with Crippen LogP contribution in [0.2, 0.25) is 0 Å². The van der Waals surface area contributed by atoms with Crippen LogP contribution in [0.15, 0.2) is 34.5 Å². The average molecular weight is 356 g/mol. The van der Waals surface area contributed by atoms with Gasteiger partial charge in [0.25, 0.3) is 10.0 Å². The van der Waals surface area contributed by atoms with Gasteiger partial charge in [0.15, 0.2) is 5.13 Å². The molecular formula is C15H20N2O4S2. The molecule has 8 heteroatoms. The Bertz CT molecular complexity index is 767. The van der Waals surface area contributed by atoms with Crippen molar-refractivity contribution in [1.29, 1.82) is 0 Å². The minimum Gasteiger partial charge on any atom is -0.497 e. The third-order valence-corrected chi connectivity index (χ3v) is 5.95. The highest BCUT2D eigenvalue weighted by Crippen LogP contribution is 2.31. The lowest BCUT2D eigenvalue weighted by atomic mass is 9.94. The molecule has 2 rings (SSSR count). The summed E-state index contributed by atoms with van der Waals surface area (Å²) in [5.74, 6) is 0.457. The number of hydrogen-bond donors (Lipinski definition) is 2. The molecule has 0 atom stereocenters. The van der Waals surface area contributed by atoms with Gasteiger partial charge in [-0.1, -0.05) is 19.9 Å². The summed E-state index contributed by atoms with van der Waals surface area (Å²) in [5.41, 5.74) is -0.549. The number of hydrogen-bond acceptors (Lipinski definition) is 6. The molecule has 0 bridgehead atoms. The molecule has 0 aliphatic heterocycles. The van der Waals surface area contributed by atoms with Crippen LogP contribution in [0.4, 0.5) is 5.13 Å². The Labute approximate surface area is 140 Å². The van der Waals surface area contributed by atoms with E-state index in [0.717, 1.165) is 11.3 Å². The second kappa shape index (κ2) is 6.86. The fourth-order valence-corrected chi connectivity index (χ4v) is 4.18. The highest BCUT2D eigenvalue weighted by Gasteiger charge is 2.28. The molecule has 1 aromatic heterocycles. The number of rotatable bonds is 7. The van der Waals surface area contributed by atoms with Crippen LogP contribution in [0.3, 0.4) is 0 Å². The number of aliphatic hydroxyl groups is 1. The summed E-state index contributed by atoms with van der Waals surface area (Å²) in [5, 5.41) is 12.3. The third kappa shape index (κ3) is 3.82. The summed E-state index contributed by atoms with van der Waals surface area (Å²) in [6.07, 6.45) is 1.02. The van der Waals surface area contributed by atoms with Gasteiger partial charge in [0.2, 0.25) is 0 Å². The van der Waals surface area contributed by atoms with Crippen molar-refractivity contribution in [1.82, 2.24) is 4.98 Å². The van der Waals surface area contributed by atoms with Gasteiger partial charge in [0.1, 0.15) is 11.4 Å². The Hall–Kier alpha value is -1.64. The van der Waals surface area contributed by atoms with Crippen LogP contribution in [-0.2, 0) is 15.6 Å². The summed E-state index contributed by atoms with van der Waals surface area (Å²) in [4.78, 5) is 4.32. The lowest BCUT2D eigenvalue weighted by molar-refractivity contribution is 0.0247. The lowest BCUT2D eigenvalue weighted by Crippen LogP contribution is -2.24. The first-order valence-electron chi connectivity index (χ1n) is 7.20. The average Bonchev–Trinajstić information content (AvgIpc) is 3.02. The summed E-state index contributed by atoms with van der Waals surface area (Å²) in [6, 6.07) is 6.19. The zero-order valence-corrected chi connectivity index (χ0v) is 14.9. The van der Waals surface area contributed by atoms with E-state index in [2.05, 4.69) is 9.71 Å². The maximum absolute atomic E-state index is 12.4. The van der Waals surface area contributed by atoms with Crippen molar-refractivity contribution < 1.29 is 18.3 Å². The summed E-state index contributed by atoms with van der Waals surface area (Å²) in [6.45, 7) is 3.73. The second-order valence-corrected chi connectivity index (χ2v) is 7.60. The third-order valence-electron chi connectivity index (χ3n) is 3.72. The van der Waals surface area contributed by atoms with Crippen molar-refractivity contribution in [2.24, 2.45) is 0 Å². The number of thiazole rings is 1. The number of sulfonamides is 1. The van der Waals surface area contributed by atoms with Crippen LogP contribution in [0.1, 0.15) is 32.4 Å². The van der Waals surface area contributed by atoms with Crippen LogP contribution in [0.25, 0.3) is 0 Å². The highest BCUT2D eigenvalue weighted by molar-refractivity contribution is 7.93. The van der Waals surface area contributed by atoms with Crippen molar-refractivity contribution in [3.8, 4) is 5.75 Å². The maximum atomic E-state index is 12.4. The van der Waals surface area contributed by atoms with Crippen molar-refractivity contribution in [3.63, 3.8) is 0 Å². The first-order chi connectivity index (χ1) is 10.8. The number of benzene rings is 1. The number of anilines is 1. The molecule has 0 spiro atoms. The number of nitrogens with one attached hydrogen (secondary N) is 1. The first-order valence-corrected chi connectivity index (χ1v) is 9.56. The van der Waals surface area contributed by atoms with Crippen LogP contribution in [0.5, 0.6) is 5.75 Å². The van der Waals surface area contributed by atoms with Crippen molar-refractivity contribution in [3.05, 3.63) is 35.3 Å². The Morgan fingerprint density at radius 1 is 1.35 bits per heavy atom. The Kier molecular flexibility index (Phi) is 5.28. The largest absolute Gasteiger partial charge is 0.497 e. The van der Waals surface area contributed by atoms with Gasteiger partial charge in [-0.3, -0.25) is 4.72 Å². The highest BCUT2D eigenvalue weighted by atomic mass is 32.2. The van der Waals surface area contributed by atoms with E-state index in [1.807, 2.05) is 13.8 Å². The first kappa shape index (κ1) is 17.7. The fourth-order valence-electron chi connectivity index (χ4n) is 2.09. The van der Waals surface area contributed by atoms with Gasteiger partial charge in [-0.25, -0.2) is 13.4 Å². The minimum atomic E-state index is -3.76. The van der Waals surface area contributed by atoms with Crippen LogP contribution < -0.4 is 9.46 Å². The van der Waals surface area contributed by atoms with Gasteiger partial charge in [0, 0.05) is 11.4 Å². The number of ether oxygens (including phenoxy) is 1.